The van der Waals surface area contributed by atoms with Gasteiger partial charge in [-0.1, -0.05) is 36.4 Å². The van der Waals surface area contributed by atoms with Gasteiger partial charge in [-0.25, -0.2) is 4.39 Å². The summed E-state index contributed by atoms with van der Waals surface area (Å²) in [5.41, 5.74) is 2.92. The van der Waals surface area contributed by atoms with Gasteiger partial charge in [0.1, 0.15) is 5.82 Å². The highest BCUT2D eigenvalue weighted by Crippen LogP contribution is 2.20. The van der Waals surface area contributed by atoms with Crippen LogP contribution in [0, 0.1) is 5.82 Å². The van der Waals surface area contributed by atoms with Crippen LogP contribution in [0.1, 0.15) is 16.7 Å². The molecule has 2 aromatic rings. The van der Waals surface area contributed by atoms with Crippen LogP contribution >= 0.6 is 15.9 Å². The van der Waals surface area contributed by atoms with E-state index in [-0.39, 0.29) is 12.4 Å². The predicted molar refractivity (Wildman–Crippen MR) is 77.0 cm³/mol. The molecular formula is C15H15BrFNO. The van der Waals surface area contributed by atoms with Gasteiger partial charge in [-0.15, -0.1) is 0 Å². The molecule has 2 aromatic carbocycles. The lowest BCUT2D eigenvalue weighted by Gasteiger charge is -2.08. The average molecular weight is 324 g/mol. The monoisotopic (exact) mass is 323 g/mol. The normalized spacial score (nSPS) is 10.7. The van der Waals surface area contributed by atoms with E-state index < -0.39 is 0 Å². The molecule has 0 aliphatic carbocycles. The molecule has 0 bridgehead atoms. The van der Waals surface area contributed by atoms with Gasteiger partial charge in [-0.3, -0.25) is 0 Å². The van der Waals surface area contributed by atoms with Crippen molar-refractivity contribution >= 4 is 15.9 Å². The Balaban J connectivity index is 1.90. The molecular weight excluding hydrogens is 309 g/mol. The Morgan fingerprint density at radius 3 is 2.37 bits per heavy atom. The zero-order valence-electron chi connectivity index (χ0n) is 10.4. The Kier molecular flexibility index (Phi) is 5.07. The molecule has 100 valence electrons. The summed E-state index contributed by atoms with van der Waals surface area (Å²) in [7, 11) is 0. The first kappa shape index (κ1) is 14.2. The molecule has 0 aliphatic rings. The van der Waals surface area contributed by atoms with E-state index in [0.29, 0.717) is 17.6 Å². The summed E-state index contributed by atoms with van der Waals surface area (Å²) in [6.07, 6.45) is 0. The largest absolute Gasteiger partial charge is 0.392 e. The second-order valence-corrected chi connectivity index (χ2v) is 5.08. The molecule has 0 atom stereocenters. The molecule has 0 saturated carbocycles. The summed E-state index contributed by atoms with van der Waals surface area (Å²) in [6, 6.07) is 12.8. The summed E-state index contributed by atoms with van der Waals surface area (Å²) >= 11 is 3.24. The molecule has 2 nitrogen and oxygen atoms in total. The highest BCUT2D eigenvalue weighted by Gasteiger charge is 2.04. The molecule has 0 saturated heterocycles. The Hall–Kier alpha value is -1.23. The summed E-state index contributed by atoms with van der Waals surface area (Å²) in [4.78, 5) is 0. The minimum Gasteiger partial charge on any atom is -0.392 e. The summed E-state index contributed by atoms with van der Waals surface area (Å²) < 4.78 is 13.8. The number of nitrogens with one attached hydrogen (secondary N) is 1. The fraction of sp³-hybridized carbons (Fsp3) is 0.200. The van der Waals surface area contributed by atoms with Gasteiger partial charge in [0, 0.05) is 13.1 Å². The molecule has 4 heteroatoms. The van der Waals surface area contributed by atoms with Gasteiger partial charge in [0.05, 0.1) is 11.1 Å². The van der Waals surface area contributed by atoms with Gasteiger partial charge in [-0.05, 0) is 38.7 Å². The van der Waals surface area contributed by atoms with E-state index in [1.54, 1.807) is 6.07 Å². The number of aliphatic hydroxyl groups excluding tert-OH is 1. The van der Waals surface area contributed by atoms with Crippen LogP contribution in [-0.4, -0.2) is 5.11 Å². The summed E-state index contributed by atoms with van der Waals surface area (Å²) in [5, 5.41) is 12.2. The van der Waals surface area contributed by atoms with Crippen molar-refractivity contribution in [3.63, 3.8) is 0 Å². The number of aliphatic hydroxyl groups is 1. The molecule has 0 heterocycles. The Morgan fingerprint density at radius 1 is 1.00 bits per heavy atom. The van der Waals surface area contributed by atoms with Crippen LogP contribution in [0.5, 0.6) is 0 Å². The lowest BCUT2D eigenvalue weighted by molar-refractivity contribution is 0.282. The lowest BCUT2D eigenvalue weighted by Crippen LogP contribution is -2.13. The van der Waals surface area contributed by atoms with E-state index in [4.69, 9.17) is 5.11 Å². The third-order valence-corrected chi connectivity index (χ3v) is 3.77. The fourth-order valence-corrected chi connectivity index (χ4v) is 2.19. The smallest absolute Gasteiger partial charge is 0.137 e. The van der Waals surface area contributed by atoms with Crippen LogP contribution in [-0.2, 0) is 19.7 Å². The van der Waals surface area contributed by atoms with Gasteiger partial charge in [-0.2, -0.15) is 0 Å². The van der Waals surface area contributed by atoms with Crippen molar-refractivity contribution in [1.29, 1.82) is 0 Å². The maximum atomic E-state index is 13.3. The van der Waals surface area contributed by atoms with E-state index in [1.807, 2.05) is 30.3 Å². The van der Waals surface area contributed by atoms with Crippen molar-refractivity contribution in [2.45, 2.75) is 19.7 Å². The Labute approximate surface area is 120 Å². The first-order chi connectivity index (χ1) is 9.20. The van der Waals surface area contributed by atoms with Crippen LogP contribution in [0.2, 0.25) is 0 Å². The molecule has 2 N–H and O–H groups in total. The molecule has 0 spiro atoms. The number of hydrogen-bond donors (Lipinski definition) is 2. The molecule has 19 heavy (non-hydrogen) atoms. The van der Waals surface area contributed by atoms with E-state index in [0.717, 1.165) is 16.7 Å². The molecule has 0 aliphatic heterocycles. The molecule has 0 radical (unpaired) electrons. The van der Waals surface area contributed by atoms with Gasteiger partial charge < -0.3 is 10.4 Å². The highest BCUT2D eigenvalue weighted by molar-refractivity contribution is 9.10. The van der Waals surface area contributed by atoms with Crippen molar-refractivity contribution < 1.29 is 9.50 Å². The minimum atomic E-state index is -0.244. The maximum Gasteiger partial charge on any atom is 0.137 e. The average Bonchev–Trinajstić information content (AvgIpc) is 2.44. The van der Waals surface area contributed by atoms with Gasteiger partial charge in [0.15, 0.2) is 0 Å². The molecule has 0 unspecified atom stereocenters. The maximum absolute atomic E-state index is 13.3. The first-order valence-electron chi connectivity index (χ1n) is 6.03. The SMILES string of the molecule is OCc1ccc(CNCc2cccc(F)c2Br)cc1. The zero-order valence-corrected chi connectivity index (χ0v) is 12.0. The van der Waals surface area contributed by atoms with E-state index in [1.165, 1.54) is 6.07 Å². The number of halogens is 2. The van der Waals surface area contributed by atoms with Crippen molar-refractivity contribution in [2.75, 3.05) is 0 Å². The second kappa shape index (κ2) is 6.80. The topological polar surface area (TPSA) is 32.3 Å². The summed E-state index contributed by atoms with van der Waals surface area (Å²) in [5.74, 6) is -0.244. The van der Waals surface area contributed by atoms with E-state index >= 15 is 0 Å². The molecule has 0 amide bonds. The number of rotatable bonds is 5. The van der Waals surface area contributed by atoms with Crippen LogP contribution in [0.15, 0.2) is 46.9 Å². The third-order valence-electron chi connectivity index (χ3n) is 2.88. The van der Waals surface area contributed by atoms with E-state index in [2.05, 4.69) is 21.2 Å². The molecule has 0 aromatic heterocycles. The van der Waals surface area contributed by atoms with Gasteiger partial charge in [0.25, 0.3) is 0 Å². The predicted octanol–water partition coefficient (Wildman–Crippen LogP) is 3.37. The lowest BCUT2D eigenvalue weighted by atomic mass is 10.1. The van der Waals surface area contributed by atoms with Crippen LogP contribution in [0.3, 0.4) is 0 Å². The van der Waals surface area contributed by atoms with Crippen LogP contribution in [0.4, 0.5) is 4.39 Å². The van der Waals surface area contributed by atoms with Crippen LogP contribution < -0.4 is 5.32 Å². The quantitative estimate of drug-likeness (QED) is 0.884. The minimum absolute atomic E-state index is 0.0595. The molecule has 0 fully saturated rings. The highest BCUT2D eigenvalue weighted by atomic mass is 79.9. The molecule has 2 rings (SSSR count). The number of benzene rings is 2. The Morgan fingerprint density at radius 2 is 1.68 bits per heavy atom. The summed E-state index contributed by atoms with van der Waals surface area (Å²) in [6.45, 7) is 1.36. The van der Waals surface area contributed by atoms with Gasteiger partial charge in [0.2, 0.25) is 0 Å². The second-order valence-electron chi connectivity index (χ2n) is 4.29. The van der Waals surface area contributed by atoms with Crippen molar-refractivity contribution in [3.05, 3.63) is 69.4 Å². The number of hydrogen-bond acceptors (Lipinski definition) is 2. The van der Waals surface area contributed by atoms with Crippen molar-refractivity contribution in [2.24, 2.45) is 0 Å². The van der Waals surface area contributed by atoms with Crippen molar-refractivity contribution in [1.82, 2.24) is 5.32 Å². The van der Waals surface area contributed by atoms with Gasteiger partial charge >= 0.3 is 0 Å². The first-order valence-corrected chi connectivity index (χ1v) is 6.82. The van der Waals surface area contributed by atoms with Crippen LogP contribution in [0.25, 0.3) is 0 Å². The third kappa shape index (κ3) is 3.86. The van der Waals surface area contributed by atoms with Crippen molar-refractivity contribution in [3.8, 4) is 0 Å². The zero-order chi connectivity index (χ0) is 13.7. The van der Waals surface area contributed by atoms with E-state index in [9.17, 15) is 4.39 Å². The fourth-order valence-electron chi connectivity index (χ4n) is 1.79. The Bertz CT molecular complexity index is 542. The standard InChI is InChI=1S/C15H15BrFNO/c16-15-13(2-1-3-14(15)17)9-18-8-11-4-6-12(10-19)7-5-11/h1-7,18-19H,8-10H2.